The van der Waals surface area contributed by atoms with E-state index in [2.05, 4.69) is 11.9 Å². The van der Waals surface area contributed by atoms with Crippen molar-refractivity contribution >= 4 is 45.2 Å². The Morgan fingerprint density at radius 2 is 2.00 bits per heavy atom. The summed E-state index contributed by atoms with van der Waals surface area (Å²) in [5.74, 6) is -2.15. The lowest BCUT2D eigenvalue weighted by Crippen LogP contribution is -2.36. The average molecular weight is 521 g/mol. The molecule has 0 aromatic heterocycles. The molecule has 4 N–H and O–H groups in total. The van der Waals surface area contributed by atoms with Gasteiger partial charge in [-0.05, 0) is 49.7 Å². The fourth-order valence-corrected chi connectivity index (χ4v) is 5.17. The SMILES string of the molecule is CN1CCC(Oc2ccc(N(C/C=C/c3cccc(C(=N)N)c3)S(=O)(=O)CC(=O)O)cc2Cl)CC1. The van der Waals surface area contributed by atoms with E-state index in [1.807, 2.05) is 0 Å². The van der Waals surface area contributed by atoms with Crippen molar-refractivity contribution in [1.82, 2.24) is 4.90 Å². The van der Waals surface area contributed by atoms with Crippen LogP contribution in [-0.2, 0) is 14.8 Å². The van der Waals surface area contributed by atoms with E-state index in [0.29, 0.717) is 16.9 Å². The number of aliphatic carboxylic acids is 1. The molecule has 2 aromatic rings. The number of likely N-dealkylation sites (tertiary alicyclic amines) is 1. The number of piperidine rings is 1. The lowest BCUT2D eigenvalue weighted by Gasteiger charge is -2.30. The number of anilines is 1. The van der Waals surface area contributed by atoms with Crippen LogP contribution in [0.2, 0.25) is 5.02 Å². The largest absolute Gasteiger partial charge is 0.489 e. The number of nitrogens with one attached hydrogen (secondary N) is 1. The number of nitrogens with two attached hydrogens (primary N) is 1. The van der Waals surface area contributed by atoms with E-state index in [9.17, 15) is 13.2 Å². The van der Waals surface area contributed by atoms with Crippen LogP contribution in [0.25, 0.3) is 6.08 Å². The van der Waals surface area contributed by atoms with Crippen LogP contribution in [0.4, 0.5) is 5.69 Å². The van der Waals surface area contributed by atoms with Gasteiger partial charge in [0.25, 0.3) is 0 Å². The summed E-state index contributed by atoms with van der Waals surface area (Å²) in [7, 11) is -2.14. The highest BCUT2D eigenvalue weighted by Crippen LogP contribution is 2.32. The smallest absolute Gasteiger partial charge is 0.320 e. The van der Waals surface area contributed by atoms with Gasteiger partial charge >= 0.3 is 5.97 Å². The molecule has 2 aromatic carbocycles. The maximum atomic E-state index is 12.9. The number of halogens is 1. The zero-order valence-corrected chi connectivity index (χ0v) is 20.9. The maximum absolute atomic E-state index is 12.9. The van der Waals surface area contributed by atoms with E-state index in [1.54, 1.807) is 48.6 Å². The highest BCUT2D eigenvalue weighted by Gasteiger charge is 2.26. The summed E-state index contributed by atoms with van der Waals surface area (Å²) in [6.45, 7) is 1.72. The van der Waals surface area contributed by atoms with E-state index >= 15 is 0 Å². The molecule has 1 aliphatic rings. The molecule has 0 aliphatic carbocycles. The molecule has 1 saturated heterocycles. The summed E-state index contributed by atoms with van der Waals surface area (Å²) in [6, 6.07) is 11.5. The monoisotopic (exact) mass is 520 g/mol. The number of nitrogen functional groups attached to an aromatic ring is 1. The summed E-state index contributed by atoms with van der Waals surface area (Å²) in [5.41, 5.74) is 7.00. The number of carboxylic acid groups (broad SMARTS) is 1. The first kappa shape index (κ1) is 26.5. The first-order chi connectivity index (χ1) is 16.5. The molecule has 1 aliphatic heterocycles. The molecule has 3 rings (SSSR count). The Morgan fingerprint density at radius 1 is 1.29 bits per heavy atom. The number of carbonyl (C=O) groups is 1. The van der Waals surface area contributed by atoms with Gasteiger partial charge in [-0.3, -0.25) is 14.5 Å². The Hall–Kier alpha value is -3.08. The molecule has 0 bridgehead atoms. The Bertz CT molecular complexity index is 1210. The zero-order valence-electron chi connectivity index (χ0n) is 19.4. The molecule has 0 radical (unpaired) electrons. The second-order valence-electron chi connectivity index (χ2n) is 8.36. The van der Waals surface area contributed by atoms with Crippen molar-refractivity contribution in [3.63, 3.8) is 0 Å². The van der Waals surface area contributed by atoms with E-state index in [1.165, 1.54) is 6.07 Å². The first-order valence-electron chi connectivity index (χ1n) is 11.0. The van der Waals surface area contributed by atoms with E-state index in [-0.39, 0.29) is 29.2 Å². The first-order valence-corrected chi connectivity index (χ1v) is 13.0. The Morgan fingerprint density at radius 3 is 2.63 bits per heavy atom. The molecule has 0 spiro atoms. The molecule has 9 nitrogen and oxygen atoms in total. The lowest BCUT2D eigenvalue weighted by atomic mass is 10.1. The molecular formula is C24H29ClN4O5S. The van der Waals surface area contributed by atoms with Crippen LogP contribution in [0.1, 0.15) is 24.0 Å². The molecular weight excluding hydrogens is 492 g/mol. The number of hydrogen-bond donors (Lipinski definition) is 3. The minimum atomic E-state index is -4.19. The molecule has 1 fully saturated rings. The third-order valence-electron chi connectivity index (χ3n) is 5.58. The van der Waals surface area contributed by atoms with Gasteiger partial charge in [0.15, 0.2) is 5.75 Å². The molecule has 0 amide bonds. The van der Waals surface area contributed by atoms with Crippen LogP contribution in [0.3, 0.4) is 0 Å². The number of nitrogens with zero attached hydrogens (tertiary/aromatic N) is 2. The van der Waals surface area contributed by atoms with Gasteiger partial charge in [0, 0.05) is 18.7 Å². The van der Waals surface area contributed by atoms with Gasteiger partial charge < -0.3 is 20.5 Å². The second-order valence-corrected chi connectivity index (χ2v) is 10.7. The van der Waals surface area contributed by atoms with Gasteiger partial charge in [-0.15, -0.1) is 0 Å². The van der Waals surface area contributed by atoms with Crippen molar-refractivity contribution < 1.29 is 23.1 Å². The number of carboxylic acids is 1. The fourth-order valence-electron chi connectivity index (χ4n) is 3.73. The summed E-state index contributed by atoms with van der Waals surface area (Å²) < 4.78 is 32.7. The summed E-state index contributed by atoms with van der Waals surface area (Å²) in [6.07, 6.45) is 5.02. The van der Waals surface area contributed by atoms with Gasteiger partial charge in [-0.2, -0.15) is 0 Å². The number of benzene rings is 2. The normalized spacial score (nSPS) is 15.3. The summed E-state index contributed by atoms with van der Waals surface area (Å²) in [5, 5.41) is 16.9. The van der Waals surface area contributed by atoms with Crippen LogP contribution in [0.5, 0.6) is 5.75 Å². The van der Waals surface area contributed by atoms with Crippen LogP contribution in [-0.4, -0.2) is 68.8 Å². The van der Waals surface area contributed by atoms with E-state index in [0.717, 1.165) is 30.2 Å². The Balaban J connectivity index is 1.82. The topological polar surface area (TPSA) is 137 Å². The summed E-state index contributed by atoms with van der Waals surface area (Å²) in [4.78, 5) is 13.4. The number of amidine groups is 1. The van der Waals surface area contributed by atoms with Gasteiger partial charge in [-0.25, -0.2) is 8.42 Å². The van der Waals surface area contributed by atoms with Gasteiger partial charge in [0.05, 0.1) is 17.3 Å². The fraction of sp³-hybridized carbons (Fsp3) is 0.333. The standard InChI is InChI=1S/C24H29ClN4O5S/c1-28-12-9-20(10-13-28)34-22-8-7-19(15-21(22)25)29(35(32,33)16-23(30)31)11-3-5-17-4-2-6-18(14-17)24(26)27/h2-8,14-15,20H,9-13,16H2,1H3,(H3,26,27)(H,30,31)/b5-3+. The van der Waals surface area contributed by atoms with Crippen LogP contribution >= 0.6 is 11.6 Å². The molecule has 0 unspecified atom stereocenters. The average Bonchev–Trinajstić information content (AvgIpc) is 2.79. The van der Waals surface area contributed by atoms with Crippen LogP contribution < -0.4 is 14.8 Å². The quantitative estimate of drug-likeness (QED) is 0.323. The number of hydrogen-bond acceptors (Lipinski definition) is 6. The minimum absolute atomic E-state index is 0.0232. The predicted molar refractivity (Wildman–Crippen MR) is 138 cm³/mol. The van der Waals surface area contributed by atoms with E-state index < -0.39 is 21.7 Å². The minimum Gasteiger partial charge on any atom is -0.489 e. The van der Waals surface area contributed by atoms with Crippen molar-refractivity contribution in [3.8, 4) is 5.75 Å². The highest BCUT2D eigenvalue weighted by molar-refractivity contribution is 7.93. The lowest BCUT2D eigenvalue weighted by molar-refractivity contribution is -0.134. The molecule has 0 saturated carbocycles. The van der Waals surface area contributed by atoms with Crippen molar-refractivity contribution in [2.45, 2.75) is 18.9 Å². The Kier molecular flexibility index (Phi) is 8.76. The molecule has 0 atom stereocenters. The van der Waals surface area contributed by atoms with Crippen LogP contribution in [0.15, 0.2) is 48.5 Å². The Labute approximate surface area is 210 Å². The summed E-state index contributed by atoms with van der Waals surface area (Å²) >= 11 is 6.43. The van der Waals surface area contributed by atoms with Gasteiger partial charge in [0.2, 0.25) is 10.0 Å². The number of ether oxygens (including phenoxy) is 1. The second kappa shape index (κ2) is 11.6. The third-order valence-corrected chi connectivity index (χ3v) is 7.52. The number of rotatable bonds is 10. The van der Waals surface area contributed by atoms with Gasteiger partial charge in [-0.1, -0.05) is 42.0 Å². The third kappa shape index (κ3) is 7.45. The predicted octanol–water partition coefficient (Wildman–Crippen LogP) is 3.03. The van der Waals surface area contributed by atoms with Crippen molar-refractivity contribution in [3.05, 3.63) is 64.7 Å². The maximum Gasteiger partial charge on any atom is 0.320 e. The zero-order chi connectivity index (χ0) is 25.6. The van der Waals surface area contributed by atoms with E-state index in [4.69, 9.17) is 32.6 Å². The highest BCUT2D eigenvalue weighted by atomic mass is 35.5. The van der Waals surface area contributed by atoms with Gasteiger partial charge in [0.1, 0.15) is 17.7 Å². The van der Waals surface area contributed by atoms with Crippen molar-refractivity contribution in [2.24, 2.45) is 5.73 Å². The molecule has 188 valence electrons. The number of sulfonamides is 1. The molecule has 11 heteroatoms. The molecule has 35 heavy (non-hydrogen) atoms. The van der Waals surface area contributed by atoms with Crippen molar-refractivity contribution in [2.75, 3.05) is 36.7 Å². The van der Waals surface area contributed by atoms with Crippen LogP contribution in [0, 0.1) is 5.41 Å². The molecule has 1 heterocycles. The van der Waals surface area contributed by atoms with Crippen molar-refractivity contribution in [1.29, 1.82) is 5.41 Å².